The number of rotatable bonds is 3. The first-order chi connectivity index (χ1) is 9.72. The van der Waals surface area contributed by atoms with Gasteiger partial charge in [-0.2, -0.15) is 0 Å². The zero-order chi connectivity index (χ0) is 15.9. The van der Waals surface area contributed by atoms with E-state index in [9.17, 15) is 20.1 Å². The van der Waals surface area contributed by atoms with Crippen LogP contribution in [0.15, 0.2) is 12.1 Å². The van der Waals surface area contributed by atoms with Crippen molar-refractivity contribution in [1.29, 1.82) is 0 Å². The van der Waals surface area contributed by atoms with Gasteiger partial charge in [-0.05, 0) is 49.4 Å². The van der Waals surface area contributed by atoms with Gasteiger partial charge in [-0.15, -0.1) is 0 Å². The van der Waals surface area contributed by atoms with Gasteiger partial charge < -0.3 is 20.1 Å². The highest BCUT2D eigenvalue weighted by atomic mass is 16.5. The van der Waals surface area contributed by atoms with Crippen molar-refractivity contribution in [1.82, 2.24) is 0 Å². The maximum Gasteiger partial charge on any atom is 0.169 e. The highest BCUT2D eigenvalue weighted by Crippen LogP contribution is 2.44. The van der Waals surface area contributed by atoms with E-state index in [1.54, 1.807) is 26.8 Å². The topological polar surface area (TPSA) is 87.0 Å². The molecule has 3 N–H and O–H groups in total. The lowest BCUT2D eigenvalue weighted by Gasteiger charge is -2.23. The van der Waals surface area contributed by atoms with Gasteiger partial charge >= 0.3 is 0 Å². The van der Waals surface area contributed by atoms with E-state index in [0.717, 1.165) is 0 Å². The molecule has 0 bridgehead atoms. The van der Waals surface area contributed by atoms with Crippen LogP contribution in [0.25, 0.3) is 10.8 Å². The molecule has 0 amide bonds. The first kappa shape index (κ1) is 15.1. The first-order valence-electron chi connectivity index (χ1n) is 6.46. The molecule has 0 saturated carbocycles. The lowest BCUT2D eigenvalue weighted by atomic mass is 9.88. The van der Waals surface area contributed by atoms with Crippen LogP contribution < -0.4 is 4.74 Å². The fourth-order valence-electron chi connectivity index (χ4n) is 2.50. The first-order valence-corrected chi connectivity index (χ1v) is 6.46. The molecule has 0 aliphatic heterocycles. The molecule has 0 aliphatic rings. The Balaban J connectivity index is 3.13. The van der Waals surface area contributed by atoms with Gasteiger partial charge in [0.2, 0.25) is 0 Å². The summed E-state index contributed by atoms with van der Waals surface area (Å²) in [5, 5.41) is 31.3. The summed E-state index contributed by atoms with van der Waals surface area (Å²) in [6, 6.07) is 3.02. The molecular formula is C16H18O5. The van der Waals surface area contributed by atoms with Crippen LogP contribution >= 0.6 is 0 Å². The predicted molar refractivity (Wildman–Crippen MR) is 79.2 cm³/mol. The molecule has 0 fully saturated rings. The zero-order valence-corrected chi connectivity index (χ0v) is 12.4. The molecule has 2 rings (SSSR count). The molecule has 112 valence electrons. The van der Waals surface area contributed by atoms with Crippen molar-refractivity contribution in [2.75, 3.05) is 7.11 Å². The maximum atomic E-state index is 11.3. The number of hydrogen-bond acceptors (Lipinski definition) is 5. The van der Waals surface area contributed by atoms with Crippen LogP contribution in [0.3, 0.4) is 0 Å². The number of carbonyl (C=O) groups excluding carboxylic acids is 1. The van der Waals surface area contributed by atoms with E-state index in [-0.39, 0.29) is 28.2 Å². The summed E-state index contributed by atoms with van der Waals surface area (Å²) in [4.78, 5) is 11.3. The summed E-state index contributed by atoms with van der Waals surface area (Å²) >= 11 is 0. The largest absolute Gasteiger partial charge is 0.507 e. The van der Waals surface area contributed by atoms with E-state index in [1.807, 2.05) is 0 Å². The van der Waals surface area contributed by atoms with E-state index in [0.29, 0.717) is 22.8 Å². The Hall–Kier alpha value is -2.27. The number of phenolic OH excluding ortho intramolecular Hbond substituents is 2. The minimum Gasteiger partial charge on any atom is -0.507 e. The molecule has 5 nitrogen and oxygen atoms in total. The fourth-order valence-corrected chi connectivity index (χ4v) is 2.50. The Bertz CT molecular complexity index is 726. The van der Waals surface area contributed by atoms with E-state index in [4.69, 9.17) is 4.74 Å². The maximum absolute atomic E-state index is 11.3. The van der Waals surface area contributed by atoms with Crippen molar-refractivity contribution in [3.63, 3.8) is 0 Å². The Kier molecular flexibility index (Phi) is 3.55. The molecule has 2 aromatic carbocycles. The predicted octanol–water partition coefficient (Wildman–Crippen LogP) is 2.61. The van der Waals surface area contributed by atoms with Crippen LogP contribution in [0.1, 0.15) is 35.3 Å². The number of aldehydes is 1. The van der Waals surface area contributed by atoms with E-state index >= 15 is 0 Å². The second-order valence-corrected chi connectivity index (χ2v) is 5.53. The van der Waals surface area contributed by atoms with Crippen LogP contribution in [-0.4, -0.2) is 28.7 Å². The van der Waals surface area contributed by atoms with Gasteiger partial charge in [0, 0.05) is 5.39 Å². The molecule has 0 unspecified atom stereocenters. The third-order valence-corrected chi connectivity index (χ3v) is 3.54. The number of hydrogen-bond donors (Lipinski definition) is 3. The number of phenols is 2. The SMILES string of the molecule is COc1c(O)c(C)cc2c(C(C)(C)O)cc(O)c(C=O)c12. The number of aliphatic hydroxyl groups is 1. The molecule has 0 atom stereocenters. The molecule has 2 aromatic rings. The number of benzene rings is 2. The Labute approximate surface area is 122 Å². The zero-order valence-electron chi connectivity index (χ0n) is 12.4. The van der Waals surface area contributed by atoms with Crippen molar-refractivity contribution in [2.24, 2.45) is 0 Å². The lowest BCUT2D eigenvalue weighted by molar-refractivity contribution is 0.0798. The average molecular weight is 290 g/mol. The van der Waals surface area contributed by atoms with Gasteiger partial charge in [-0.1, -0.05) is 0 Å². The molecular weight excluding hydrogens is 272 g/mol. The summed E-state index contributed by atoms with van der Waals surface area (Å²) in [5.74, 6) is -0.259. The van der Waals surface area contributed by atoms with Crippen LogP contribution in [0, 0.1) is 6.92 Å². The number of fused-ring (bicyclic) bond motifs is 1. The monoisotopic (exact) mass is 290 g/mol. The molecule has 0 spiro atoms. The number of aryl methyl sites for hydroxylation is 1. The van der Waals surface area contributed by atoms with E-state index < -0.39 is 5.60 Å². The lowest BCUT2D eigenvalue weighted by Crippen LogP contribution is -2.16. The second kappa shape index (κ2) is 4.93. The van der Waals surface area contributed by atoms with Crippen molar-refractivity contribution in [2.45, 2.75) is 26.4 Å². The smallest absolute Gasteiger partial charge is 0.169 e. The van der Waals surface area contributed by atoms with Gasteiger partial charge in [-0.25, -0.2) is 0 Å². The molecule has 0 heterocycles. The van der Waals surface area contributed by atoms with Crippen LogP contribution in [-0.2, 0) is 5.60 Å². The van der Waals surface area contributed by atoms with Gasteiger partial charge in [0.15, 0.2) is 17.8 Å². The summed E-state index contributed by atoms with van der Waals surface area (Å²) in [5.41, 5.74) is -0.217. The van der Waals surface area contributed by atoms with Gasteiger partial charge in [0.1, 0.15) is 5.75 Å². The summed E-state index contributed by atoms with van der Waals surface area (Å²) in [6.45, 7) is 4.85. The normalized spacial score (nSPS) is 11.7. The van der Waals surface area contributed by atoms with Crippen molar-refractivity contribution < 1.29 is 24.9 Å². The summed E-state index contributed by atoms with van der Waals surface area (Å²) in [6.07, 6.45) is 0.503. The van der Waals surface area contributed by atoms with Crippen LogP contribution in [0.5, 0.6) is 17.2 Å². The highest BCUT2D eigenvalue weighted by Gasteiger charge is 2.26. The number of ether oxygens (including phenoxy) is 1. The minimum absolute atomic E-state index is 0.0187. The molecule has 21 heavy (non-hydrogen) atoms. The van der Waals surface area contributed by atoms with Crippen molar-refractivity contribution >= 4 is 17.1 Å². The summed E-state index contributed by atoms with van der Waals surface area (Å²) in [7, 11) is 1.37. The molecule has 0 radical (unpaired) electrons. The Morgan fingerprint density at radius 3 is 2.33 bits per heavy atom. The molecule has 5 heteroatoms. The number of aromatic hydroxyl groups is 2. The minimum atomic E-state index is -1.23. The third kappa shape index (κ3) is 2.29. The van der Waals surface area contributed by atoms with Crippen molar-refractivity contribution in [3.8, 4) is 17.2 Å². The van der Waals surface area contributed by atoms with Gasteiger partial charge in [0.05, 0.1) is 18.3 Å². The van der Waals surface area contributed by atoms with Gasteiger partial charge in [-0.3, -0.25) is 4.79 Å². The fraction of sp³-hybridized carbons (Fsp3) is 0.312. The number of carbonyl (C=O) groups is 1. The molecule has 0 aliphatic carbocycles. The average Bonchev–Trinajstić information content (AvgIpc) is 2.39. The quantitative estimate of drug-likeness (QED) is 0.756. The van der Waals surface area contributed by atoms with Crippen LogP contribution in [0.4, 0.5) is 0 Å². The van der Waals surface area contributed by atoms with Crippen LogP contribution in [0.2, 0.25) is 0 Å². The Morgan fingerprint density at radius 2 is 1.86 bits per heavy atom. The standard InChI is InChI=1S/C16H18O5/c1-8-5-9-11(16(2,3)20)6-12(18)10(7-17)13(9)15(21-4)14(8)19/h5-7,18-20H,1-4H3. The second-order valence-electron chi connectivity index (χ2n) is 5.53. The van der Waals surface area contributed by atoms with E-state index in [1.165, 1.54) is 13.2 Å². The third-order valence-electron chi connectivity index (χ3n) is 3.54. The Morgan fingerprint density at radius 1 is 1.24 bits per heavy atom. The van der Waals surface area contributed by atoms with Crippen molar-refractivity contribution in [3.05, 3.63) is 28.8 Å². The van der Waals surface area contributed by atoms with E-state index in [2.05, 4.69) is 0 Å². The highest BCUT2D eigenvalue weighted by molar-refractivity contribution is 6.07. The summed E-state index contributed by atoms with van der Waals surface area (Å²) < 4.78 is 5.20. The van der Waals surface area contributed by atoms with Gasteiger partial charge in [0.25, 0.3) is 0 Å². The molecule has 0 saturated heterocycles. The molecule has 0 aromatic heterocycles. The number of methoxy groups -OCH3 is 1.